The minimum absolute atomic E-state index is 0.811. The fourth-order valence-electron chi connectivity index (χ4n) is 3.80. The van der Waals surface area contributed by atoms with Crippen molar-refractivity contribution in [1.29, 1.82) is 0 Å². The second-order valence-corrected chi connectivity index (χ2v) is 5.86. The van der Waals surface area contributed by atoms with Crippen molar-refractivity contribution in [3.8, 4) is 0 Å². The van der Waals surface area contributed by atoms with Gasteiger partial charge in [-0.15, -0.1) is 6.58 Å². The zero-order valence-electron chi connectivity index (χ0n) is 11.0. The molecule has 0 bridgehead atoms. The van der Waals surface area contributed by atoms with E-state index in [1.165, 1.54) is 57.1 Å². The van der Waals surface area contributed by atoms with Crippen LogP contribution in [0.5, 0.6) is 0 Å². The lowest BCUT2D eigenvalue weighted by molar-refractivity contribution is 0.0108. The first-order chi connectivity index (χ1) is 7.72. The second-order valence-electron chi connectivity index (χ2n) is 5.86. The third-order valence-corrected chi connectivity index (χ3v) is 4.58. The molecule has 1 nitrogen and oxygen atoms in total. The fraction of sp³-hybridized carbons (Fsp3) is 0.867. The van der Waals surface area contributed by atoms with E-state index in [1.54, 1.807) is 0 Å². The lowest BCUT2D eigenvalue weighted by Gasteiger charge is -2.49. The minimum Gasteiger partial charge on any atom is -0.297 e. The zero-order valence-corrected chi connectivity index (χ0v) is 11.0. The van der Waals surface area contributed by atoms with E-state index < -0.39 is 0 Å². The van der Waals surface area contributed by atoms with Crippen LogP contribution < -0.4 is 0 Å². The monoisotopic (exact) mass is 221 g/mol. The molecule has 0 spiro atoms. The highest BCUT2D eigenvalue weighted by molar-refractivity contribution is 4.99. The third kappa shape index (κ3) is 2.51. The summed E-state index contributed by atoms with van der Waals surface area (Å²) in [4.78, 5) is 2.83. The topological polar surface area (TPSA) is 3.24 Å². The summed E-state index contributed by atoms with van der Waals surface area (Å²) in [6, 6.07) is 1.71. The summed E-state index contributed by atoms with van der Waals surface area (Å²) >= 11 is 0. The smallest absolute Gasteiger partial charge is 0.0135 e. The Morgan fingerprint density at radius 3 is 2.75 bits per heavy atom. The molecule has 92 valence electrons. The zero-order chi connectivity index (χ0) is 11.5. The Morgan fingerprint density at radius 1 is 1.25 bits per heavy atom. The molecule has 2 heterocycles. The van der Waals surface area contributed by atoms with Gasteiger partial charge in [0.2, 0.25) is 0 Å². The van der Waals surface area contributed by atoms with Gasteiger partial charge >= 0.3 is 0 Å². The molecule has 0 saturated carbocycles. The predicted octanol–water partition coefficient (Wildman–Crippen LogP) is 4.00. The van der Waals surface area contributed by atoms with E-state index in [-0.39, 0.29) is 0 Å². The Bertz CT molecular complexity index is 246. The molecule has 0 amide bonds. The Morgan fingerprint density at radius 2 is 2.06 bits per heavy atom. The molecule has 2 rings (SSSR count). The average molecular weight is 221 g/mol. The number of piperidine rings is 2. The van der Waals surface area contributed by atoms with E-state index in [0.717, 1.165) is 18.0 Å². The van der Waals surface area contributed by atoms with E-state index in [4.69, 9.17) is 0 Å². The molecule has 0 aromatic heterocycles. The van der Waals surface area contributed by atoms with Gasteiger partial charge in [-0.25, -0.2) is 0 Å². The summed E-state index contributed by atoms with van der Waals surface area (Å²) in [5, 5.41) is 0. The molecule has 16 heavy (non-hydrogen) atoms. The van der Waals surface area contributed by atoms with E-state index in [0.29, 0.717) is 0 Å². The average Bonchev–Trinajstić information content (AvgIpc) is 2.29. The van der Waals surface area contributed by atoms with Gasteiger partial charge < -0.3 is 0 Å². The van der Waals surface area contributed by atoms with Gasteiger partial charge in [-0.3, -0.25) is 4.90 Å². The number of nitrogens with zero attached hydrogens (tertiary/aromatic N) is 1. The van der Waals surface area contributed by atoms with Crippen molar-refractivity contribution in [2.75, 3.05) is 6.54 Å². The maximum atomic E-state index is 4.10. The summed E-state index contributed by atoms with van der Waals surface area (Å²) in [6.45, 7) is 10.0. The second kappa shape index (κ2) is 5.35. The van der Waals surface area contributed by atoms with E-state index in [1.807, 2.05) is 0 Å². The first-order valence-corrected chi connectivity index (χ1v) is 7.12. The van der Waals surface area contributed by atoms with E-state index in [9.17, 15) is 0 Å². The first-order valence-electron chi connectivity index (χ1n) is 7.12. The summed E-state index contributed by atoms with van der Waals surface area (Å²) in [7, 11) is 0. The highest BCUT2D eigenvalue weighted by Gasteiger charge is 2.37. The van der Waals surface area contributed by atoms with Crippen LogP contribution in [0.1, 0.15) is 58.8 Å². The lowest BCUT2D eigenvalue weighted by atomic mass is 9.78. The summed E-state index contributed by atoms with van der Waals surface area (Å²) in [5.74, 6) is 0.974. The summed E-state index contributed by atoms with van der Waals surface area (Å²) < 4.78 is 0. The molecule has 0 radical (unpaired) electrons. The Hall–Kier alpha value is -0.300. The van der Waals surface area contributed by atoms with Gasteiger partial charge in [-0.2, -0.15) is 0 Å². The fourth-order valence-corrected chi connectivity index (χ4v) is 3.80. The number of fused-ring (bicyclic) bond motifs is 1. The van der Waals surface area contributed by atoms with Crippen molar-refractivity contribution in [2.45, 2.75) is 70.9 Å². The van der Waals surface area contributed by atoms with Crippen LogP contribution in [-0.4, -0.2) is 23.5 Å². The van der Waals surface area contributed by atoms with Crippen LogP contribution in [0.25, 0.3) is 0 Å². The molecule has 2 aliphatic rings. The Balaban J connectivity index is 2.04. The van der Waals surface area contributed by atoms with E-state index in [2.05, 4.69) is 25.3 Å². The van der Waals surface area contributed by atoms with E-state index >= 15 is 0 Å². The number of hydrogen-bond donors (Lipinski definition) is 0. The van der Waals surface area contributed by atoms with Crippen molar-refractivity contribution >= 4 is 0 Å². The molecule has 1 heteroatoms. The van der Waals surface area contributed by atoms with Gasteiger partial charge in [-0.1, -0.05) is 25.3 Å². The predicted molar refractivity (Wildman–Crippen MR) is 70.6 cm³/mol. The summed E-state index contributed by atoms with van der Waals surface area (Å²) in [6.07, 6.45) is 9.79. The maximum Gasteiger partial charge on any atom is 0.0135 e. The lowest BCUT2D eigenvalue weighted by Crippen LogP contribution is -2.53. The van der Waals surface area contributed by atoms with Crippen LogP contribution in [0.15, 0.2) is 12.2 Å². The van der Waals surface area contributed by atoms with Crippen LogP contribution in [0.2, 0.25) is 0 Å². The van der Waals surface area contributed by atoms with Crippen molar-refractivity contribution in [1.82, 2.24) is 4.90 Å². The molecule has 2 fully saturated rings. The van der Waals surface area contributed by atoms with Crippen LogP contribution in [0.3, 0.4) is 0 Å². The highest BCUT2D eigenvalue weighted by Crippen LogP contribution is 2.37. The normalized spacial score (nSPS) is 35.8. The Labute approximate surface area is 101 Å². The van der Waals surface area contributed by atoms with Gasteiger partial charge in [0.1, 0.15) is 0 Å². The molecule has 0 unspecified atom stereocenters. The molecule has 0 N–H and O–H groups in total. The quantitative estimate of drug-likeness (QED) is 0.651. The van der Waals surface area contributed by atoms with Crippen molar-refractivity contribution in [3.63, 3.8) is 0 Å². The Kier molecular flexibility index (Phi) is 4.07. The van der Waals surface area contributed by atoms with Gasteiger partial charge in [0.25, 0.3) is 0 Å². The molecular formula is C15H27N. The number of hydrogen-bond acceptors (Lipinski definition) is 1. The van der Waals surface area contributed by atoms with Crippen LogP contribution >= 0.6 is 0 Å². The van der Waals surface area contributed by atoms with Crippen LogP contribution in [-0.2, 0) is 0 Å². The standard InChI is InChI=1S/C15H27N/c1-4-13-8-9-14(11-12(2)3)16-10-6-5-7-15(13)16/h13-15H,2,4-11H2,1,3H3/t13-,14+,15-/m0/s1. The number of rotatable bonds is 3. The molecule has 0 aliphatic carbocycles. The van der Waals surface area contributed by atoms with Crippen molar-refractivity contribution < 1.29 is 0 Å². The van der Waals surface area contributed by atoms with Gasteiger partial charge in [0.05, 0.1) is 0 Å². The highest BCUT2D eigenvalue weighted by atomic mass is 15.2. The third-order valence-electron chi connectivity index (χ3n) is 4.58. The largest absolute Gasteiger partial charge is 0.297 e. The maximum absolute atomic E-state index is 4.10. The molecule has 0 aromatic carbocycles. The van der Waals surface area contributed by atoms with Gasteiger partial charge in [0.15, 0.2) is 0 Å². The molecule has 2 saturated heterocycles. The van der Waals surface area contributed by atoms with Crippen molar-refractivity contribution in [2.24, 2.45) is 5.92 Å². The van der Waals surface area contributed by atoms with Crippen LogP contribution in [0.4, 0.5) is 0 Å². The van der Waals surface area contributed by atoms with Gasteiger partial charge in [-0.05, 0) is 51.5 Å². The first kappa shape index (κ1) is 12.2. The molecule has 2 aliphatic heterocycles. The summed E-state index contributed by atoms with van der Waals surface area (Å²) in [5.41, 5.74) is 1.37. The van der Waals surface area contributed by atoms with Gasteiger partial charge in [0, 0.05) is 12.1 Å². The molecular weight excluding hydrogens is 194 g/mol. The molecule has 3 atom stereocenters. The minimum atomic E-state index is 0.811. The van der Waals surface area contributed by atoms with Crippen LogP contribution in [0, 0.1) is 5.92 Å². The van der Waals surface area contributed by atoms with Crippen molar-refractivity contribution in [3.05, 3.63) is 12.2 Å². The molecule has 0 aromatic rings. The SMILES string of the molecule is C=C(C)C[C@H]1CC[C@H](CC)[C@@H]2CCCCN12.